The van der Waals surface area contributed by atoms with Crippen LogP contribution in [-0.4, -0.2) is 31.1 Å². The Morgan fingerprint density at radius 1 is 1.29 bits per heavy atom. The number of aromatic nitrogens is 5. The number of halogens is 3. The fourth-order valence-electron chi connectivity index (χ4n) is 2.29. The van der Waals surface area contributed by atoms with E-state index in [1.165, 1.54) is 29.3 Å². The number of nitrogens with one attached hydrogen (secondary N) is 1. The van der Waals surface area contributed by atoms with Crippen LogP contribution in [0, 0.1) is 0 Å². The molecule has 0 aliphatic carbocycles. The van der Waals surface area contributed by atoms with E-state index in [0.717, 1.165) is 12.1 Å². The van der Waals surface area contributed by atoms with Crippen LogP contribution in [0.3, 0.4) is 0 Å². The summed E-state index contributed by atoms with van der Waals surface area (Å²) in [4.78, 5) is 16.3. The Hall–Kier alpha value is -3.50. The number of benzene rings is 1. The molecule has 0 unspecified atom stereocenters. The average Bonchev–Trinajstić information content (AvgIpc) is 3.21. The van der Waals surface area contributed by atoms with Gasteiger partial charge in [0.2, 0.25) is 11.8 Å². The lowest BCUT2D eigenvalue weighted by Gasteiger charge is -2.14. The number of pyridine rings is 1. The van der Waals surface area contributed by atoms with E-state index in [4.69, 9.17) is 4.74 Å². The lowest BCUT2D eigenvalue weighted by molar-refractivity contribution is -0.137. The van der Waals surface area contributed by atoms with Gasteiger partial charge >= 0.3 is 6.18 Å². The third-order valence-corrected chi connectivity index (χ3v) is 3.82. The van der Waals surface area contributed by atoms with Gasteiger partial charge in [0.25, 0.3) is 0 Å². The molecule has 2 heterocycles. The first-order valence-electron chi connectivity index (χ1n) is 8.14. The predicted molar refractivity (Wildman–Crippen MR) is 90.1 cm³/mol. The minimum atomic E-state index is -4.48. The van der Waals surface area contributed by atoms with Crippen LogP contribution >= 0.6 is 0 Å². The molecular weight excluding hydrogens is 377 g/mol. The Morgan fingerprint density at radius 3 is 2.82 bits per heavy atom. The minimum Gasteiger partial charge on any atom is -0.439 e. The summed E-state index contributed by atoms with van der Waals surface area (Å²) in [5.41, 5.74) is -0.330. The fourth-order valence-corrected chi connectivity index (χ4v) is 2.29. The van der Waals surface area contributed by atoms with Crippen LogP contribution in [0.25, 0.3) is 0 Å². The van der Waals surface area contributed by atoms with Gasteiger partial charge in [0.15, 0.2) is 0 Å². The molecule has 1 N–H and O–H groups in total. The molecule has 0 radical (unpaired) electrons. The first-order chi connectivity index (χ1) is 13.3. The first-order valence-corrected chi connectivity index (χ1v) is 8.14. The third kappa shape index (κ3) is 4.61. The molecule has 0 saturated heterocycles. The van der Waals surface area contributed by atoms with E-state index in [1.807, 2.05) is 0 Å². The van der Waals surface area contributed by atoms with E-state index < -0.39 is 17.8 Å². The number of alkyl halides is 3. The second-order valence-corrected chi connectivity index (χ2v) is 5.78. The van der Waals surface area contributed by atoms with Crippen LogP contribution in [0.2, 0.25) is 0 Å². The van der Waals surface area contributed by atoms with Gasteiger partial charge in [-0.3, -0.25) is 4.79 Å². The smallest absolute Gasteiger partial charge is 0.416 e. The van der Waals surface area contributed by atoms with Crippen LogP contribution in [0.5, 0.6) is 11.6 Å². The Labute approximate surface area is 157 Å². The van der Waals surface area contributed by atoms with E-state index in [1.54, 1.807) is 19.1 Å². The average molecular weight is 392 g/mol. The van der Waals surface area contributed by atoms with Gasteiger partial charge in [0, 0.05) is 18.3 Å². The Kier molecular flexibility index (Phi) is 5.52. The quantitative estimate of drug-likeness (QED) is 0.693. The highest BCUT2D eigenvalue weighted by atomic mass is 19.4. The molecule has 11 heteroatoms. The zero-order chi connectivity index (χ0) is 20.1. The molecule has 1 atom stereocenters. The van der Waals surface area contributed by atoms with Gasteiger partial charge in [-0.2, -0.15) is 13.2 Å². The van der Waals surface area contributed by atoms with Gasteiger partial charge in [-0.1, -0.05) is 12.1 Å². The van der Waals surface area contributed by atoms with Crippen molar-refractivity contribution in [1.29, 1.82) is 0 Å². The topological polar surface area (TPSA) is 94.8 Å². The van der Waals surface area contributed by atoms with Gasteiger partial charge in [-0.05, 0) is 41.6 Å². The highest BCUT2D eigenvalue weighted by Crippen LogP contribution is 2.32. The Morgan fingerprint density at radius 2 is 2.11 bits per heavy atom. The van der Waals surface area contributed by atoms with Crippen LogP contribution < -0.4 is 10.1 Å². The summed E-state index contributed by atoms with van der Waals surface area (Å²) in [6, 6.07) is 7.12. The molecule has 3 rings (SSSR count). The van der Waals surface area contributed by atoms with Gasteiger partial charge in [0.1, 0.15) is 18.1 Å². The SMILES string of the molecule is C[C@@H](C(=O)NCc1cccnc1Oc1cccc(C(F)(F)F)c1)n1cnnn1. The number of ether oxygens (including phenoxy) is 1. The molecule has 1 amide bonds. The summed E-state index contributed by atoms with van der Waals surface area (Å²) >= 11 is 0. The monoisotopic (exact) mass is 392 g/mol. The molecule has 1 aromatic carbocycles. The molecule has 0 saturated carbocycles. The van der Waals surface area contributed by atoms with Gasteiger partial charge in [-0.15, -0.1) is 5.10 Å². The van der Waals surface area contributed by atoms with Crippen molar-refractivity contribution in [1.82, 2.24) is 30.5 Å². The second kappa shape index (κ2) is 8.03. The van der Waals surface area contributed by atoms with Crippen LogP contribution in [0.1, 0.15) is 24.1 Å². The summed E-state index contributed by atoms with van der Waals surface area (Å²) < 4.78 is 45.4. The van der Waals surface area contributed by atoms with Crippen LogP contribution in [0.4, 0.5) is 13.2 Å². The maximum atomic E-state index is 12.9. The summed E-state index contributed by atoms with van der Waals surface area (Å²) in [6.07, 6.45) is -1.72. The number of hydrogen-bond donors (Lipinski definition) is 1. The molecule has 0 fully saturated rings. The molecule has 3 aromatic rings. The summed E-state index contributed by atoms with van der Waals surface area (Å²) in [7, 11) is 0. The third-order valence-electron chi connectivity index (χ3n) is 3.82. The van der Waals surface area contributed by atoms with Crippen molar-refractivity contribution in [2.75, 3.05) is 0 Å². The maximum absolute atomic E-state index is 12.9. The zero-order valence-corrected chi connectivity index (χ0v) is 14.6. The number of amides is 1. The number of carbonyl (C=O) groups is 1. The molecule has 28 heavy (non-hydrogen) atoms. The van der Waals surface area contributed by atoms with E-state index in [0.29, 0.717) is 5.56 Å². The van der Waals surface area contributed by atoms with Crippen LogP contribution in [-0.2, 0) is 17.5 Å². The standard InChI is InChI=1S/C17H15F3N6O2/c1-11(26-10-23-24-25-26)15(27)22-9-12-4-3-7-21-16(12)28-14-6-2-5-13(8-14)17(18,19)20/h2-8,10-11H,9H2,1H3,(H,22,27)/t11-/m0/s1. The zero-order valence-electron chi connectivity index (χ0n) is 14.6. The van der Waals surface area contributed by atoms with Crippen molar-refractivity contribution in [3.05, 3.63) is 60.0 Å². The summed E-state index contributed by atoms with van der Waals surface area (Å²) in [5.74, 6) is -0.262. The van der Waals surface area contributed by atoms with Crippen molar-refractivity contribution >= 4 is 5.91 Å². The maximum Gasteiger partial charge on any atom is 0.416 e. The van der Waals surface area contributed by atoms with Crippen molar-refractivity contribution < 1.29 is 22.7 Å². The number of tetrazole rings is 1. The molecule has 8 nitrogen and oxygen atoms in total. The molecule has 0 aliphatic rings. The second-order valence-electron chi connectivity index (χ2n) is 5.78. The fraction of sp³-hybridized carbons (Fsp3) is 0.235. The molecule has 0 aliphatic heterocycles. The highest BCUT2D eigenvalue weighted by Gasteiger charge is 2.30. The number of nitrogens with zero attached hydrogens (tertiary/aromatic N) is 5. The Balaban J connectivity index is 1.71. The highest BCUT2D eigenvalue weighted by molar-refractivity contribution is 5.79. The number of rotatable bonds is 6. The molecule has 146 valence electrons. The lowest BCUT2D eigenvalue weighted by atomic mass is 10.2. The normalized spacial score (nSPS) is 12.4. The van der Waals surface area contributed by atoms with Gasteiger partial charge in [-0.25, -0.2) is 9.67 Å². The van der Waals surface area contributed by atoms with E-state index in [9.17, 15) is 18.0 Å². The van der Waals surface area contributed by atoms with Crippen molar-refractivity contribution in [2.45, 2.75) is 25.7 Å². The van der Waals surface area contributed by atoms with Crippen molar-refractivity contribution in [3.63, 3.8) is 0 Å². The van der Waals surface area contributed by atoms with Gasteiger partial charge in [0.05, 0.1) is 5.56 Å². The van der Waals surface area contributed by atoms with E-state index >= 15 is 0 Å². The minimum absolute atomic E-state index is 0.0110. The predicted octanol–water partition coefficient (Wildman–Crippen LogP) is 2.76. The first kappa shape index (κ1) is 19.3. The Bertz CT molecular complexity index is 946. The summed E-state index contributed by atoms with van der Waals surface area (Å²) in [6.45, 7) is 1.68. The largest absolute Gasteiger partial charge is 0.439 e. The van der Waals surface area contributed by atoms with Crippen LogP contribution in [0.15, 0.2) is 48.9 Å². The number of carbonyl (C=O) groups excluding carboxylic acids is 1. The van der Waals surface area contributed by atoms with E-state index in [-0.39, 0.29) is 24.1 Å². The lowest BCUT2D eigenvalue weighted by Crippen LogP contribution is -2.31. The van der Waals surface area contributed by atoms with Crippen molar-refractivity contribution in [3.8, 4) is 11.6 Å². The molecular formula is C17H15F3N6O2. The molecule has 0 spiro atoms. The molecule has 0 bridgehead atoms. The van der Waals surface area contributed by atoms with Gasteiger partial charge < -0.3 is 10.1 Å². The van der Waals surface area contributed by atoms with E-state index in [2.05, 4.69) is 25.8 Å². The molecule has 2 aromatic heterocycles. The number of hydrogen-bond acceptors (Lipinski definition) is 6. The van der Waals surface area contributed by atoms with Crippen molar-refractivity contribution in [2.24, 2.45) is 0 Å². The summed E-state index contributed by atoms with van der Waals surface area (Å²) in [5, 5.41) is 13.3.